The largest absolute Gasteiger partial charge is 0.497 e. The Morgan fingerprint density at radius 2 is 1.81 bits per heavy atom. The molecule has 1 amide bonds. The van der Waals surface area contributed by atoms with Gasteiger partial charge in [0.15, 0.2) is 5.96 Å². The van der Waals surface area contributed by atoms with Gasteiger partial charge in [-0.3, -0.25) is 4.79 Å². The summed E-state index contributed by atoms with van der Waals surface area (Å²) in [5.41, 5.74) is 3.64. The fraction of sp³-hybridized carbons (Fsp3) is 0.462. The molecule has 0 aromatic heterocycles. The molecule has 1 heterocycles. The number of aliphatic imine (C=N–C) groups is 1. The van der Waals surface area contributed by atoms with Crippen LogP contribution in [0.1, 0.15) is 55.7 Å². The number of likely N-dealkylation sites (tertiary alicyclic amines) is 1. The zero-order chi connectivity index (χ0) is 22.8. The molecule has 1 saturated heterocycles. The van der Waals surface area contributed by atoms with Crippen molar-refractivity contribution in [3.63, 3.8) is 0 Å². The molecule has 1 fully saturated rings. The van der Waals surface area contributed by atoms with Crippen molar-refractivity contribution in [3.05, 3.63) is 65.2 Å². The number of ether oxygens (including phenoxy) is 1. The smallest absolute Gasteiger partial charge is 0.222 e. The van der Waals surface area contributed by atoms with Crippen LogP contribution in [0.5, 0.6) is 5.75 Å². The van der Waals surface area contributed by atoms with Gasteiger partial charge in [0.05, 0.1) is 13.7 Å². The molecule has 2 aromatic rings. The number of benzene rings is 2. The van der Waals surface area contributed by atoms with E-state index in [0.29, 0.717) is 25.4 Å². The van der Waals surface area contributed by atoms with Crippen LogP contribution in [0.15, 0.2) is 53.5 Å². The second kappa shape index (κ2) is 12.1. The molecule has 1 atom stereocenters. The molecule has 0 saturated carbocycles. The number of amides is 1. The van der Waals surface area contributed by atoms with Crippen LogP contribution in [-0.2, 0) is 17.9 Å². The number of rotatable bonds is 10. The molecule has 6 heteroatoms. The van der Waals surface area contributed by atoms with Gasteiger partial charge in [-0.25, -0.2) is 4.99 Å². The lowest BCUT2D eigenvalue weighted by Crippen LogP contribution is -2.38. The topological polar surface area (TPSA) is 66.0 Å². The SMILES string of the molecule is CCNC(=NCc1ccc(CN2CCCC2=O)cc1)NCCC(C)c1ccc(OC)cc1. The second-order valence-corrected chi connectivity index (χ2v) is 8.32. The van der Waals surface area contributed by atoms with Gasteiger partial charge in [-0.2, -0.15) is 0 Å². The Kier molecular flexibility index (Phi) is 8.96. The number of methoxy groups -OCH3 is 1. The van der Waals surface area contributed by atoms with E-state index >= 15 is 0 Å². The quantitative estimate of drug-likeness (QED) is 0.435. The van der Waals surface area contributed by atoms with Crippen LogP contribution in [0, 0.1) is 0 Å². The summed E-state index contributed by atoms with van der Waals surface area (Å²) in [7, 11) is 1.69. The molecular formula is C26H36N4O2. The lowest BCUT2D eigenvalue weighted by molar-refractivity contribution is -0.128. The van der Waals surface area contributed by atoms with Crippen molar-refractivity contribution in [2.24, 2.45) is 4.99 Å². The number of carbonyl (C=O) groups excluding carboxylic acids is 1. The van der Waals surface area contributed by atoms with E-state index in [9.17, 15) is 4.79 Å². The summed E-state index contributed by atoms with van der Waals surface area (Å²) < 4.78 is 5.24. The van der Waals surface area contributed by atoms with E-state index in [2.05, 4.69) is 60.9 Å². The first-order valence-corrected chi connectivity index (χ1v) is 11.6. The lowest BCUT2D eigenvalue weighted by atomic mass is 9.98. The Morgan fingerprint density at radius 3 is 2.44 bits per heavy atom. The van der Waals surface area contributed by atoms with Crippen LogP contribution >= 0.6 is 0 Å². The molecule has 6 nitrogen and oxygen atoms in total. The average Bonchev–Trinajstić information content (AvgIpc) is 3.22. The third kappa shape index (κ3) is 7.01. The number of nitrogens with one attached hydrogen (secondary N) is 2. The maximum absolute atomic E-state index is 11.8. The first-order chi connectivity index (χ1) is 15.6. The molecule has 32 heavy (non-hydrogen) atoms. The highest BCUT2D eigenvalue weighted by Gasteiger charge is 2.19. The van der Waals surface area contributed by atoms with Gasteiger partial charge < -0.3 is 20.3 Å². The fourth-order valence-electron chi connectivity index (χ4n) is 3.86. The first-order valence-electron chi connectivity index (χ1n) is 11.6. The van der Waals surface area contributed by atoms with Crippen molar-refractivity contribution in [3.8, 4) is 5.75 Å². The molecule has 2 N–H and O–H groups in total. The van der Waals surface area contributed by atoms with Gasteiger partial charge in [-0.15, -0.1) is 0 Å². The Bertz CT molecular complexity index is 878. The maximum Gasteiger partial charge on any atom is 0.222 e. The number of hydrogen-bond donors (Lipinski definition) is 2. The predicted molar refractivity (Wildman–Crippen MR) is 130 cm³/mol. The predicted octanol–water partition coefficient (Wildman–Crippen LogP) is 4.07. The molecular weight excluding hydrogens is 400 g/mol. The van der Waals surface area contributed by atoms with Gasteiger partial charge in [-0.1, -0.05) is 43.3 Å². The lowest BCUT2D eigenvalue weighted by Gasteiger charge is -2.16. The zero-order valence-electron chi connectivity index (χ0n) is 19.6. The summed E-state index contributed by atoms with van der Waals surface area (Å²) in [6.45, 7) is 8.19. The molecule has 0 radical (unpaired) electrons. The minimum atomic E-state index is 0.265. The molecule has 0 aliphatic carbocycles. The first kappa shape index (κ1) is 23.6. The van der Waals surface area contributed by atoms with E-state index < -0.39 is 0 Å². The fourth-order valence-corrected chi connectivity index (χ4v) is 3.86. The number of guanidine groups is 1. The van der Waals surface area contributed by atoms with Gasteiger partial charge in [0.2, 0.25) is 5.91 Å². The van der Waals surface area contributed by atoms with E-state index in [1.54, 1.807) is 7.11 Å². The molecule has 2 aromatic carbocycles. The van der Waals surface area contributed by atoms with Crippen LogP contribution in [0.2, 0.25) is 0 Å². The number of carbonyl (C=O) groups is 1. The Balaban J connectivity index is 1.47. The Labute approximate surface area is 192 Å². The minimum absolute atomic E-state index is 0.265. The van der Waals surface area contributed by atoms with Crippen molar-refractivity contribution in [2.75, 3.05) is 26.7 Å². The summed E-state index contributed by atoms with van der Waals surface area (Å²) in [6, 6.07) is 16.7. The summed E-state index contributed by atoms with van der Waals surface area (Å²) in [6.07, 6.45) is 2.68. The molecule has 0 bridgehead atoms. The Morgan fingerprint density at radius 1 is 1.09 bits per heavy atom. The van der Waals surface area contributed by atoms with E-state index in [-0.39, 0.29) is 5.91 Å². The van der Waals surface area contributed by atoms with Gasteiger partial charge in [0.25, 0.3) is 0 Å². The van der Waals surface area contributed by atoms with Crippen molar-refractivity contribution < 1.29 is 9.53 Å². The normalized spacial score (nSPS) is 15.0. The van der Waals surface area contributed by atoms with Crippen molar-refractivity contribution in [1.82, 2.24) is 15.5 Å². The maximum atomic E-state index is 11.8. The average molecular weight is 437 g/mol. The molecule has 1 aliphatic rings. The molecule has 1 aliphatic heterocycles. The summed E-state index contributed by atoms with van der Waals surface area (Å²) in [5.74, 6) is 2.44. The number of hydrogen-bond acceptors (Lipinski definition) is 3. The van der Waals surface area contributed by atoms with Crippen LogP contribution in [0.4, 0.5) is 0 Å². The molecule has 0 spiro atoms. The highest BCUT2D eigenvalue weighted by atomic mass is 16.5. The van der Waals surface area contributed by atoms with E-state index in [1.165, 1.54) is 11.1 Å². The summed E-state index contributed by atoms with van der Waals surface area (Å²) in [4.78, 5) is 18.5. The standard InChI is InChI=1S/C26H36N4O2/c1-4-27-26(28-16-15-20(2)23-11-13-24(32-3)14-12-23)29-18-21-7-9-22(10-8-21)19-30-17-5-6-25(30)31/h7-14,20H,4-6,15-19H2,1-3H3,(H2,27,28,29). The zero-order valence-corrected chi connectivity index (χ0v) is 19.6. The van der Waals surface area contributed by atoms with Gasteiger partial charge >= 0.3 is 0 Å². The van der Waals surface area contributed by atoms with E-state index in [0.717, 1.165) is 49.7 Å². The highest BCUT2D eigenvalue weighted by Crippen LogP contribution is 2.21. The van der Waals surface area contributed by atoms with E-state index in [4.69, 9.17) is 9.73 Å². The van der Waals surface area contributed by atoms with Crippen LogP contribution in [0.25, 0.3) is 0 Å². The van der Waals surface area contributed by atoms with Crippen molar-refractivity contribution in [2.45, 2.75) is 52.1 Å². The van der Waals surface area contributed by atoms with Crippen LogP contribution in [-0.4, -0.2) is 43.5 Å². The minimum Gasteiger partial charge on any atom is -0.497 e. The second-order valence-electron chi connectivity index (χ2n) is 8.32. The summed E-state index contributed by atoms with van der Waals surface area (Å²) >= 11 is 0. The van der Waals surface area contributed by atoms with Crippen LogP contribution in [0.3, 0.4) is 0 Å². The van der Waals surface area contributed by atoms with Crippen molar-refractivity contribution >= 4 is 11.9 Å². The van der Waals surface area contributed by atoms with Gasteiger partial charge in [0, 0.05) is 32.6 Å². The van der Waals surface area contributed by atoms with Crippen molar-refractivity contribution in [1.29, 1.82) is 0 Å². The van der Waals surface area contributed by atoms with Gasteiger partial charge in [-0.05, 0) is 54.5 Å². The molecule has 1 unspecified atom stereocenters. The Hall–Kier alpha value is -3.02. The van der Waals surface area contributed by atoms with Crippen LogP contribution < -0.4 is 15.4 Å². The third-order valence-corrected chi connectivity index (χ3v) is 5.89. The summed E-state index contributed by atoms with van der Waals surface area (Å²) in [5, 5.41) is 6.77. The molecule has 172 valence electrons. The van der Waals surface area contributed by atoms with Gasteiger partial charge in [0.1, 0.15) is 5.75 Å². The monoisotopic (exact) mass is 436 g/mol. The number of nitrogens with zero attached hydrogens (tertiary/aromatic N) is 2. The highest BCUT2D eigenvalue weighted by molar-refractivity contribution is 5.79. The third-order valence-electron chi connectivity index (χ3n) is 5.89. The molecule has 3 rings (SSSR count). The van der Waals surface area contributed by atoms with E-state index in [1.807, 2.05) is 17.0 Å².